The first-order valence-electron chi connectivity index (χ1n) is 47.0. The lowest BCUT2D eigenvalue weighted by Crippen LogP contribution is -2.30. The summed E-state index contributed by atoms with van der Waals surface area (Å²) >= 11 is 0. The zero-order valence-electron chi connectivity index (χ0n) is 72.6. The van der Waals surface area contributed by atoms with E-state index in [1.54, 1.807) is 0 Å². The molecule has 0 amide bonds. The number of unbranched alkanes of at least 4 members (excludes halogenated alkanes) is 60. The molecule has 0 rings (SSSR count). The van der Waals surface area contributed by atoms with Crippen LogP contribution in [-0.2, 0) is 65.4 Å². The predicted molar refractivity (Wildman–Crippen MR) is 455 cm³/mol. The molecule has 654 valence electrons. The maximum atomic E-state index is 13.2. The van der Waals surface area contributed by atoms with Gasteiger partial charge in [0.05, 0.1) is 26.4 Å². The van der Waals surface area contributed by atoms with Crippen LogP contribution in [0.3, 0.4) is 0 Å². The van der Waals surface area contributed by atoms with Crippen molar-refractivity contribution in [1.82, 2.24) is 0 Å². The van der Waals surface area contributed by atoms with E-state index >= 15 is 0 Å². The second-order valence-electron chi connectivity index (χ2n) is 33.6. The third-order valence-corrected chi connectivity index (χ3v) is 23.4. The molecule has 17 nitrogen and oxygen atoms in total. The molecule has 0 heterocycles. The molecule has 0 aliphatic rings. The summed E-state index contributed by atoms with van der Waals surface area (Å²) in [6, 6.07) is 0. The zero-order chi connectivity index (χ0) is 80.6. The first kappa shape index (κ1) is 108. The highest BCUT2D eigenvalue weighted by molar-refractivity contribution is 7.47. The van der Waals surface area contributed by atoms with Crippen molar-refractivity contribution < 1.29 is 80.2 Å². The fourth-order valence-electron chi connectivity index (χ4n) is 14.3. The number of phosphoric acid groups is 2. The average Bonchev–Trinajstić information content (AvgIpc) is 0.896. The van der Waals surface area contributed by atoms with Crippen molar-refractivity contribution >= 4 is 39.5 Å². The summed E-state index contributed by atoms with van der Waals surface area (Å²) in [6.07, 6.45) is 76.7. The molecular formula is C91H178O17P2. The second-order valence-corrected chi connectivity index (χ2v) is 36.6. The molecule has 0 spiro atoms. The summed E-state index contributed by atoms with van der Waals surface area (Å²) in [5.41, 5.74) is 0. The molecule has 0 aliphatic carbocycles. The van der Waals surface area contributed by atoms with E-state index in [1.165, 1.54) is 302 Å². The van der Waals surface area contributed by atoms with Crippen molar-refractivity contribution in [2.24, 2.45) is 11.8 Å². The minimum absolute atomic E-state index is 0.108. The molecule has 110 heavy (non-hydrogen) atoms. The van der Waals surface area contributed by atoms with Crippen LogP contribution in [0.25, 0.3) is 0 Å². The summed E-state index contributed by atoms with van der Waals surface area (Å²) < 4.78 is 69.0. The molecule has 0 saturated carbocycles. The molecule has 19 heteroatoms. The smallest absolute Gasteiger partial charge is 0.462 e. The van der Waals surface area contributed by atoms with E-state index in [0.29, 0.717) is 31.6 Å². The first-order chi connectivity index (χ1) is 53.4. The number of carbonyl (C=O) groups is 4. The van der Waals surface area contributed by atoms with Crippen LogP contribution in [0.15, 0.2) is 0 Å². The van der Waals surface area contributed by atoms with Gasteiger partial charge in [-0.25, -0.2) is 9.13 Å². The Morgan fingerprint density at radius 3 is 0.618 bits per heavy atom. The molecular weight excluding hydrogens is 1430 g/mol. The minimum Gasteiger partial charge on any atom is -0.462 e. The van der Waals surface area contributed by atoms with Gasteiger partial charge in [0.1, 0.15) is 19.3 Å². The van der Waals surface area contributed by atoms with Gasteiger partial charge in [0, 0.05) is 25.7 Å². The van der Waals surface area contributed by atoms with Crippen LogP contribution in [0.5, 0.6) is 0 Å². The number of carbonyl (C=O) groups excluding carboxylic acids is 4. The van der Waals surface area contributed by atoms with E-state index in [2.05, 4.69) is 41.5 Å². The van der Waals surface area contributed by atoms with Crippen molar-refractivity contribution in [2.75, 3.05) is 39.6 Å². The van der Waals surface area contributed by atoms with Gasteiger partial charge in [-0.3, -0.25) is 37.3 Å². The third kappa shape index (κ3) is 84.0. The zero-order valence-corrected chi connectivity index (χ0v) is 74.4. The number of ether oxygens (including phenoxy) is 4. The Balaban J connectivity index is 5.21. The Morgan fingerprint density at radius 2 is 0.418 bits per heavy atom. The Hall–Kier alpha value is -1.94. The Bertz CT molecular complexity index is 2100. The maximum absolute atomic E-state index is 13.2. The largest absolute Gasteiger partial charge is 0.472 e. The summed E-state index contributed by atoms with van der Waals surface area (Å²) in [7, 11) is -9.93. The van der Waals surface area contributed by atoms with Gasteiger partial charge in [0.15, 0.2) is 12.2 Å². The van der Waals surface area contributed by atoms with Gasteiger partial charge in [0.25, 0.3) is 0 Å². The van der Waals surface area contributed by atoms with E-state index in [1.807, 2.05) is 0 Å². The lowest BCUT2D eigenvalue weighted by molar-refractivity contribution is -0.161. The number of aliphatic hydroxyl groups is 1. The van der Waals surface area contributed by atoms with Crippen LogP contribution in [0.1, 0.15) is 491 Å². The Kier molecular flexibility index (Phi) is 80.7. The van der Waals surface area contributed by atoms with Gasteiger partial charge in [-0.05, 0) is 37.5 Å². The van der Waals surface area contributed by atoms with Crippen molar-refractivity contribution in [3.63, 3.8) is 0 Å². The summed E-state index contributed by atoms with van der Waals surface area (Å²) in [5.74, 6) is -0.570. The lowest BCUT2D eigenvalue weighted by Gasteiger charge is -2.21. The highest BCUT2D eigenvalue weighted by Gasteiger charge is 2.31. The average molecular weight is 1610 g/mol. The molecule has 0 aromatic carbocycles. The monoisotopic (exact) mass is 1610 g/mol. The van der Waals surface area contributed by atoms with E-state index in [0.717, 1.165) is 102 Å². The van der Waals surface area contributed by atoms with Crippen molar-refractivity contribution in [3.8, 4) is 0 Å². The van der Waals surface area contributed by atoms with Crippen LogP contribution in [-0.4, -0.2) is 96.7 Å². The number of phosphoric ester groups is 2. The normalized spacial score (nSPS) is 13.7. The molecule has 3 N–H and O–H groups in total. The molecule has 0 bridgehead atoms. The van der Waals surface area contributed by atoms with Gasteiger partial charge < -0.3 is 33.8 Å². The lowest BCUT2D eigenvalue weighted by atomic mass is 10.0. The SMILES string of the molecule is CCCCCCCCCCCCCCCCCCCCCCCCC(=O)O[C@H](COC(=O)CCCCCCCCCCCCCCCCCCCCC(C)C)COP(=O)(O)OC[C@@H](O)COP(=O)(O)OC[C@@H](COC(=O)CCCCCCCCCC(C)C)OC(=O)CCCCCCCCCCCCCCCCCCC. The predicted octanol–water partition coefficient (Wildman–Crippen LogP) is 28.2. The van der Waals surface area contributed by atoms with Crippen LogP contribution >= 0.6 is 15.6 Å². The summed E-state index contributed by atoms with van der Waals surface area (Å²) in [5, 5.41) is 10.7. The van der Waals surface area contributed by atoms with Gasteiger partial charge in [0.2, 0.25) is 0 Å². The molecule has 2 unspecified atom stereocenters. The second kappa shape index (κ2) is 82.2. The van der Waals surface area contributed by atoms with Crippen LogP contribution in [0, 0.1) is 11.8 Å². The van der Waals surface area contributed by atoms with E-state index in [-0.39, 0.29) is 25.7 Å². The molecule has 0 radical (unpaired) electrons. The van der Waals surface area contributed by atoms with Gasteiger partial charge in [-0.15, -0.1) is 0 Å². The molecule has 0 saturated heterocycles. The Morgan fingerprint density at radius 1 is 0.245 bits per heavy atom. The standard InChI is InChI=1S/C91H178O17P2/c1-7-9-11-13-15-17-19-21-23-25-26-27-28-29-35-39-43-47-51-57-64-70-75-90(95)107-86(79-101-88(93)73-67-61-55-49-45-41-37-34-31-30-33-36-40-44-48-53-59-65-71-83(3)4)81-105-109(97,98)103-77-85(92)78-104-110(99,100)106-82-87(80-102-89(94)74-68-62-58-52-54-60-66-72-84(5)6)108-91(96)76-69-63-56-50-46-42-38-32-24-22-20-18-16-14-12-10-8-2/h83-87,92H,7-82H2,1-6H3,(H,97,98)(H,99,100)/t85-,86-,87-/m1/s1. The number of rotatable bonds is 90. The maximum Gasteiger partial charge on any atom is 0.472 e. The van der Waals surface area contributed by atoms with Gasteiger partial charge in [-0.2, -0.15) is 0 Å². The Labute approximate surface area is 677 Å². The number of hydrogen-bond acceptors (Lipinski definition) is 15. The van der Waals surface area contributed by atoms with Crippen LogP contribution in [0.2, 0.25) is 0 Å². The fraction of sp³-hybridized carbons (Fsp3) is 0.956. The third-order valence-electron chi connectivity index (χ3n) is 21.5. The molecule has 5 atom stereocenters. The van der Waals surface area contributed by atoms with Gasteiger partial charge >= 0.3 is 39.5 Å². The highest BCUT2D eigenvalue weighted by Crippen LogP contribution is 2.45. The fourth-order valence-corrected chi connectivity index (χ4v) is 15.9. The first-order valence-corrected chi connectivity index (χ1v) is 50.0. The van der Waals surface area contributed by atoms with E-state index in [9.17, 15) is 43.2 Å². The van der Waals surface area contributed by atoms with E-state index in [4.69, 9.17) is 37.0 Å². The number of esters is 4. The number of hydrogen-bond donors (Lipinski definition) is 3. The van der Waals surface area contributed by atoms with Gasteiger partial charge in [-0.1, -0.05) is 440 Å². The molecule has 0 aromatic heterocycles. The minimum atomic E-state index is -4.97. The summed E-state index contributed by atoms with van der Waals surface area (Å²) in [4.78, 5) is 73.4. The summed E-state index contributed by atoms with van der Waals surface area (Å²) in [6.45, 7) is 9.68. The number of aliphatic hydroxyl groups excluding tert-OH is 1. The molecule has 0 fully saturated rings. The quantitative estimate of drug-likeness (QED) is 0.0222. The van der Waals surface area contributed by atoms with Crippen molar-refractivity contribution in [3.05, 3.63) is 0 Å². The highest BCUT2D eigenvalue weighted by atomic mass is 31.2. The van der Waals surface area contributed by atoms with Crippen molar-refractivity contribution in [2.45, 2.75) is 509 Å². The topological polar surface area (TPSA) is 237 Å². The van der Waals surface area contributed by atoms with Crippen LogP contribution in [0.4, 0.5) is 0 Å². The molecule has 0 aromatic rings. The van der Waals surface area contributed by atoms with E-state index < -0.39 is 97.5 Å². The molecule has 0 aliphatic heterocycles. The van der Waals surface area contributed by atoms with Crippen LogP contribution < -0.4 is 0 Å². The van der Waals surface area contributed by atoms with Crippen molar-refractivity contribution in [1.29, 1.82) is 0 Å².